The number of phosphoric acid groups is 1. The van der Waals surface area contributed by atoms with Crippen LogP contribution < -0.4 is 10.2 Å². The van der Waals surface area contributed by atoms with Gasteiger partial charge in [0, 0.05) is 6.42 Å². The Labute approximate surface area is 505 Å². The fourth-order valence-corrected chi connectivity index (χ4v) is 9.35. The lowest BCUT2D eigenvalue weighted by Gasteiger charge is -2.29. The van der Waals surface area contributed by atoms with E-state index in [-0.39, 0.29) is 12.5 Å². The minimum Gasteiger partial charge on any atom is -0.756 e. The summed E-state index contributed by atoms with van der Waals surface area (Å²) < 4.78 is 23.4. The molecule has 2 N–H and O–H groups in total. The quantitative estimate of drug-likeness (QED) is 0.0272. The standard InChI is InChI=1S/C73H123N2O6P/c1-6-8-10-12-14-16-18-20-22-24-26-28-30-31-32-33-34-35-36-37-38-39-40-41-42-43-45-47-49-51-53-55-57-59-61-63-65-67-73(77)74-71(70-81-82(78,79)80-69-68-75(3,4)5)72(76)66-64-62-60-58-56-54-52-50-48-46-44-29-27-25-23-21-19-17-15-13-11-9-7-2/h8,10,14,16,20,22,26,28,31-32,34-35,37-38,40-41,43,45,48-51,56,58,64,66,71-72,76H,6-7,9,11-13,15,17-19,21,23-25,27,29-30,33,36,39,42,44,46-47,52-55,57,59-63,65,67-70H2,1-5H3,(H-,74,77,78,79)/b10-8-,16-14-,22-20-,28-26-,32-31-,35-34-,38-37-,41-40-,45-43-,50-48+,51-49-,58-56+,66-64+. The fraction of sp³-hybridized carbons (Fsp3) is 0.630. The van der Waals surface area contributed by atoms with Gasteiger partial charge in [-0.15, -0.1) is 0 Å². The minimum absolute atomic E-state index is 0.0206. The third kappa shape index (κ3) is 63.7. The fourth-order valence-electron chi connectivity index (χ4n) is 8.62. The Morgan fingerprint density at radius 1 is 0.439 bits per heavy atom. The lowest BCUT2D eigenvalue weighted by molar-refractivity contribution is -0.870. The molecule has 3 unspecified atom stereocenters. The van der Waals surface area contributed by atoms with E-state index < -0.39 is 26.6 Å². The Bertz CT molecular complexity index is 1890. The van der Waals surface area contributed by atoms with Gasteiger partial charge in [-0.2, -0.15) is 0 Å². The highest BCUT2D eigenvalue weighted by atomic mass is 31.2. The van der Waals surface area contributed by atoms with Gasteiger partial charge in [-0.3, -0.25) is 9.36 Å². The first-order valence-electron chi connectivity index (χ1n) is 32.8. The number of quaternary nitrogens is 1. The summed E-state index contributed by atoms with van der Waals surface area (Å²) in [6, 6.07) is -0.931. The van der Waals surface area contributed by atoms with Gasteiger partial charge >= 0.3 is 0 Å². The Morgan fingerprint density at radius 3 is 1.13 bits per heavy atom. The zero-order chi connectivity index (χ0) is 59.8. The van der Waals surface area contributed by atoms with Crippen LogP contribution in [0.5, 0.6) is 0 Å². The third-order valence-electron chi connectivity index (χ3n) is 13.7. The number of phosphoric ester groups is 1. The van der Waals surface area contributed by atoms with Gasteiger partial charge in [-0.1, -0.05) is 275 Å². The molecule has 0 aromatic carbocycles. The number of amides is 1. The number of unbranched alkanes of at least 4 members (excludes halogenated alkanes) is 21. The predicted octanol–water partition coefficient (Wildman–Crippen LogP) is 20.4. The molecule has 0 aliphatic heterocycles. The Hall–Kier alpha value is -3.88. The SMILES string of the molecule is CC/C=C\C/C=C\C/C=C\C/C=C\C/C=C\C/C=C\C/C=C\C/C=C\C/C=C\C/C=C\CCCCCCCCC(=O)NC(COP(=O)([O-])OCC[N+](C)(C)C)C(O)/C=C/CC/C=C/CC/C=C/CCCCCCCCCCCCCCC. The summed E-state index contributed by atoms with van der Waals surface area (Å²) in [7, 11) is 1.20. The number of aliphatic hydroxyl groups is 1. The van der Waals surface area contributed by atoms with E-state index in [0.29, 0.717) is 17.4 Å². The van der Waals surface area contributed by atoms with Crippen molar-refractivity contribution < 1.29 is 32.9 Å². The second-order valence-corrected chi connectivity index (χ2v) is 24.1. The Balaban J connectivity index is 4.28. The molecule has 0 aliphatic rings. The molecule has 3 atom stereocenters. The Kier molecular flexibility index (Phi) is 58.8. The molecule has 0 rings (SSSR count). The van der Waals surface area contributed by atoms with Gasteiger partial charge in [0.2, 0.25) is 5.91 Å². The second kappa shape index (κ2) is 61.7. The van der Waals surface area contributed by atoms with Crippen molar-refractivity contribution in [1.82, 2.24) is 5.32 Å². The first kappa shape index (κ1) is 78.1. The van der Waals surface area contributed by atoms with Crippen LogP contribution in [0.2, 0.25) is 0 Å². The average Bonchev–Trinajstić information content (AvgIpc) is 3.47. The van der Waals surface area contributed by atoms with E-state index in [0.717, 1.165) is 135 Å². The van der Waals surface area contributed by atoms with Crippen molar-refractivity contribution >= 4 is 13.7 Å². The van der Waals surface area contributed by atoms with E-state index >= 15 is 0 Å². The summed E-state index contributed by atoms with van der Waals surface area (Å²) in [4.78, 5) is 25.6. The first-order valence-corrected chi connectivity index (χ1v) is 34.3. The number of hydrogen-bond acceptors (Lipinski definition) is 6. The normalized spacial score (nSPS) is 14.8. The van der Waals surface area contributed by atoms with Crippen molar-refractivity contribution in [2.75, 3.05) is 40.9 Å². The third-order valence-corrected chi connectivity index (χ3v) is 14.7. The zero-order valence-electron chi connectivity index (χ0n) is 53.1. The molecule has 0 spiro atoms. The molecule has 0 saturated heterocycles. The van der Waals surface area contributed by atoms with Crippen LogP contribution in [0.25, 0.3) is 0 Å². The molecule has 0 aromatic rings. The zero-order valence-corrected chi connectivity index (χ0v) is 54.0. The first-order chi connectivity index (χ1) is 40.0. The highest BCUT2D eigenvalue weighted by molar-refractivity contribution is 7.45. The summed E-state index contributed by atoms with van der Waals surface area (Å²) >= 11 is 0. The number of rotatable bonds is 58. The number of allylic oxidation sites excluding steroid dienone is 25. The predicted molar refractivity (Wildman–Crippen MR) is 357 cm³/mol. The lowest BCUT2D eigenvalue weighted by Crippen LogP contribution is -2.45. The van der Waals surface area contributed by atoms with E-state index in [2.05, 4.69) is 165 Å². The molecule has 9 heteroatoms. The maximum Gasteiger partial charge on any atom is 0.268 e. The summed E-state index contributed by atoms with van der Waals surface area (Å²) in [6.07, 6.45) is 96.3. The molecule has 8 nitrogen and oxygen atoms in total. The topological polar surface area (TPSA) is 108 Å². The van der Waals surface area contributed by atoms with Crippen LogP contribution in [-0.4, -0.2) is 68.5 Å². The van der Waals surface area contributed by atoms with Crippen molar-refractivity contribution in [2.45, 2.75) is 257 Å². The van der Waals surface area contributed by atoms with Crippen LogP contribution in [0.4, 0.5) is 0 Å². The molecule has 1 amide bonds. The van der Waals surface area contributed by atoms with Crippen LogP contribution in [0.15, 0.2) is 158 Å². The van der Waals surface area contributed by atoms with Crippen LogP contribution in [0, 0.1) is 0 Å². The molecule has 0 saturated carbocycles. The highest BCUT2D eigenvalue weighted by Gasteiger charge is 2.23. The molecular formula is C73H123N2O6P. The van der Waals surface area contributed by atoms with E-state index in [1.165, 1.54) is 89.9 Å². The van der Waals surface area contributed by atoms with E-state index in [1.807, 2.05) is 27.2 Å². The van der Waals surface area contributed by atoms with Crippen molar-refractivity contribution in [3.63, 3.8) is 0 Å². The Morgan fingerprint density at radius 2 is 0.756 bits per heavy atom. The lowest BCUT2D eigenvalue weighted by atomic mass is 10.0. The monoisotopic (exact) mass is 1150 g/mol. The van der Waals surface area contributed by atoms with Crippen LogP contribution in [0.3, 0.4) is 0 Å². The van der Waals surface area contributed by atoms with Gasteiger partial charge < -0.3 is 28.8 Å². The van der Waals surface area contributed by atoms with Gasteiger partial charge in [0.15, 0.2) is 0 Å². The van der Waals surface area contributed by atoms with Gasteiger partial charge in [-0.25, -0.2) is 0 Å². The molecule has 466 valence electrons. The smallest absolute Gasteiger partial charge is 0.268 e. The second-order valence-electron chi connectivity index (χ2n) is 22.7. The van der Waals surface area contributed by atoms with Crippen molar-refractivity contribution in [3.8, 4) is 0 Å². The highest BCUT2D eigenvalue weighted by Crippen LogP contribution is 2.38. The largest absolute Gasteiger partial charge is 0.756 e. The average molecular weight is 1160 g/mol. The maximum absolute atomic E-state index is 13.0. The molecule has 0 radical (unpaired) electrons. The molecule has 82 heavy (non-hydrogen) atoms. The number of nitrogens with zero attached hydrogens (tertiary/aromatic N) is 1. The van der Waals surface area contributed by atoms with Crippen molar-refractivity contribution in [3.05, 3.63) is 158 Å². The summed E-state index contributed by atoms with van der Waals surface area (Å²) in [6.45, 7) is 4.49. The summed E-state index contributed by atoms with van der Waals surface area (Å²) in [5, 5.41) is 13.9. The summed E-state index contributed by atoms with van der Waals surface area (Å²) in [5.41, 5.74) is 0. The molecular weight excluding hydrogens is 1030 g/mol. The number of carbonyl (C=O) groups is 1. The maximum atomic E-state index is 13.0. The molecule has 0 aliphatic carbocycles. The number of likely N-dealkylation sites (N-methyl/N-ethyl adjacent to an activating group) is 1. The van der Waals surface area contributed by atoms with Crippen LogP contribution in [-0.2, 0) is 18.4 Å². The van der Waals surface area contributed by atoms with Gasteiger partial charge in [0.1, 0.15) is 13.2 Å². The molecule has 0 bridgehead atoms. The number of aliphatic hydroxyl groups excluding tert-OH is 1. The van der Waals surface area contributed by atoms with Crippen molar-refractivity contribution in [2.24, 2.45) is 0 Å². The molecule has 0 fully saturated rings. The van der Waals surface area contributed by atoms with Gasteiger partial charge in [0.25, 0.3) is 7.82 Å². The number of nitrogens with one attached hydrogen (secondary N) is 1. The number of carbonyl (C=O) groups excluding carboxylic acids is 1. The van der Waals surface area contributed by atoms with E-state index in [4.69, 9.17) is 9.05 Å². The molecule has 0 aromatic heterocycles. The van der Waals surface area contributed by atoms with E-state index in [1.54, 1.807) is 6.08 Å². The van der Waals surface area contributed by atoms with Crippen LogP contribution >= 0.6 is 7.82 Å². The molecule has 0 heterocycles. The van der Waals surface area contributed by atoms with Crippen LogP contribution in [0.1, 0.15) is 245 Å². The van der Waals surface area contributed by atoms with Crippen molar-refractivity contribution in [1.29, 1.82) is 0 Å². The van der Waals surface area contributed by atoms with Gasteiger partial charge in [-0.05, 0) is 122 Å². The number of hydrogen-bond donors (Lipinski definition) is 2. The minimum atomic E-state index is -4.63. The van der Waals surface area contributed by atoms with Gasteiger partial charge in [0.05, 0.1) is 39.9 Å². The summed E-state index contributed by atoms with van der Waals surface area (Å²) in [5.74, 6) is -0.232. The van der Waals surface area contributed by atoms with E-state index in [9.17, 15) is 19.4 Å².